The van der Waals surface area contributed by atoms with Crippen LogP contribution in [0.15, 0.2) is 0 Å². The highest BCUT2D eigenvalue weighted by atomic mass is 16.5. The number of hydrogen-bond donors (Lipinski definition) is 1. The van der Waals surface area contributed by atoms with Crippen molar-refractivity contribution in [2.24, 2.45) is 11.3 Å². The maximum Gasteiger partial charge on any atom is 0.0466 e. The Morgan fingerprint density at radius 3 is 2.50 bits per heavy atom. The summed E-state index contributed by atoms with van der Waals surface area (Å²) in [6.07, 6.45) is 9.72. The first-order valence-electron chi connectivity index (χ1n) is 7.97. The largest absolute Gasteiger partial charge is 0.382 e. The lowest BCUT2D eigenvalue weighted by atomic mass is 9.71. The third kappa shape index (κ3) is 6.19. The van der Waals surface area contributed by atoms with E-state index in [4.69, 9.17) is 4.74 Å². The predicted molar refractivity (Wildman–Crippen MR) is 79.0 cm³/mol. The van der Waals surface area contributed by atoms with Crippen molar-refractivity contribution in [1.82, 2.24) is 5.32 Å². The van der Waals surface area contributed by atoms with Gasteiger partial charge in [-0.2, -0.15) is 0 Å². The molecule has 0 aromatic heterocycles. The first kappa shape index (κ1) is 16.0. The molecule has 1 rings (SSSR count). The molecule has 2 heteroatoms. The van der Waals surface area contributed by atoms with Gasteiger partial charge in [0.05, 0.1) is 0 Å². The Balaban J connectivity index is 2.32. The van der Waals surface area contributed by atoms with E-state index in [1.54, 1.807) is 0 Å². The second-order valence-corrected chi connectivity index (χ2v) is 6.39. The van der Waals surface area contributed by atoms with E-state index in [2.05, 4.69) is 26.1 Å². The summed E-state index contributed by atoms with van der Waals surface area (Å²) < 4.78 is 5.49. The van der Waals surface area contributed by atoms with E-state index in [9.17, 15) is 0 Å². The maximum absolute atomic E-state index is 5.49. The van der Waals surface area contributed by atoms with Gasteiger partial charge in [0.15, 0.2) is 0 Å². The Morgan fingerprint density at radius 2 is 1.89 bits per heavy atom. The summed E-state index contributed by atoms with van der Waals surface area (Å²) in [5.41, 5.74) is 0.574. The fourth-order valence-corrected chi connectivity index (χ4v) is 3.14. The van der Waals surface area contributed by atoms with Crippen LogP contribution in [0.3, 0.4) is 0 Å². The van der Waals surface area contributed by atoms with Crippen LogP contribution in [-0.2, 0) is 4.74 Å². The molecule has 0 radical (unpaired) electrons. The van der Waals surface area contributed by atoms with Crippen molar-refractivity contribution in [2.75, 3.05) is 26.3 Å². The molecule has 0 saturated heterocycles. The zero-order valence-electron chi connectivity index (χ0n) is 12.8. The molecule has 0 aromatic carbocycles. The van der Waals surface area contributed by atoms with Crippen LogP contribution >= 0.6 is 0 Å². The minimum atomic E-state index is 0.574. The van der Waals surface area contributed by atoms with Gasteiger partial charge in [-0.05, 0) is 50.5 Å². The Labute approximate surface area is 114 Å². The second-order valence-electron chi connectivity index (χ2n) is 6.39. The molecule has 1 saturated carbocycles. The zero-order chi connectivity index (χ0) is 13.3. The number of rotatable bonds is 9. The summed E-state index contributed by atoms with van der Waals surface area (Å²) >= 11 is 0. The Morgan fingerprint density at radius 1 is 1.17 bits per heavy atom. The molecule has 1 N–H and O–H groups in total. The summed E-state index contributed by atoms with van der Waals surface area (Å²) in [5, 5.41) is 3.70. The summed E-state index contributed by atoms with van der Waals surface area (Å²) in [6.45, 7) is 10.8. The minimum Gasteiger partial charge on any atom is -0.382 e. The average molecular weight is 255 g/mol. The molecule has 0 bridgehead atoms. The summed E-state index contributed by atoms with van der Waals surface area (Å²) in [7, 11) is 0. The van der Waals surface area contributed by atoms with Gasteiger partial charge in [-0.3, -0.25) is 0 Å². The second kappa shape index (κ2) is 8.92. The minimum absolute atomic E-state index is 0.574. The van der Waals surface area contributed by atoms with E-state index in [-0.39, 0.29) is 0 Å². The number of nitrogens with one attached hydrogen (secondary N) is 1. The van der Waals surface area contributed by atoms with Crippen LogP contribution in [0.5, 0.6) is 0 Å². The number of hydrogen-bond acceptors (Lipinski definition) is 2. The molecule has 18 heavy (non-hydrogen) atoms. The van der Waals surface area contributed by atoms with Crippen molar-refractivity contribution < 1.29 is 4.74 Å². The molecule has 0 aromatic rings. The van der Waals surface area contributed by atoms with Gasteiger partial charge in [0.25, 0.3) is 0 Å². The smallest absolute Gasteiger partial charge is 0.0466 e. The third-order valence-corrected chi connectivity index (χ3v) is 4.17. The molecule has 0 amide bonds. The zero-order valence-corrected chi connectivity index (χ0v) is 12.8. The van der Waals surface area contributed by atoms with Crippen molar-refractivity contribution in [1.29, 1.82) is 0 Å². The van der Waals surface area contributed by atoms with Crippen LogP contribution < -0.4 is 5.32 Å². The van der Waals surface area contributed by atoms with Gasteiger partial charge in [0.2, 0.25) is 0 Å². The Hall–Kier alpha value is -0.0800. The SMILES string of the molecule is CCOCCCC1(CNCC(C)C)CCCCC1. The van der Waals surface area contributed by atoms with E-state index in [1.165, 1.54) is 51.5 Å². The van der Waals surface area contributed by atoms with Crippen molar-refractivity contribution in [2.45, 2.75) is 65.7 Å². The highest BCUT2D eigenvalue weighted by Gasteiger charge is 2.30. The van der Waals surface area contributed by atoms with Gasteiger partial charge in [0.1, 0.15) is 0 Å². The van der Waals surface area contributed by atoms with Crippen LogP contribution in [0, 0.1) is 11.3 Å². The molecule has 0 aliphatic heterocycles. The van der Waals surface area contributed by atoms with Gasteiger partial charge in [-0.25, -0.2) is 0 Å². The molecule has 2 nitrogen and oxygen atoms in total. The van der Waals surface area contributed by atoms with E-state index in [0.29, 0.717) is 5.41 Å². The van der Waals surface area contributed by atoms with E-state index in [1.807, 2.05) is 0 Å². The molecule has 108 valence electrons. The van der Waals surface area contributed by atoms with Crippen molar-refractivity contribution >= 4 is 0 Å². The fourth-order valence-electron chi connectivity index (χ4n) is 3.14. The molecule has 0 heterocycles. The number of ether oxygens (including phenoxy) is 1. The van der Waals surface area contributed by atoms with Gasteiger partial charge < -0.3 is 10.1 Å². The molecule has 0 atom stereocenters. The maximum atomic E-state index is 5.49. The van der Waals surface area contributed by atoms with E-state index >= 15 is 0 Å². The van der Waals surface area contributed by atoms with Crippen molar-refractivity contribution in [3.63, 3.8) is 0 Å². The van der Waals surface area contributed by atoms with Gasteiger partial charge in [0, 0.05) is 19.8 Å². The molecule has 1 fully saturated rings. The highest BCUT2D eigenvalue weighted by Crippen LogP contribution is 2.39. The highest BCUT2D eigenvalue weighted by molar-refractivity contribution is 4.85. The average Bonchev–Trinajstić information content (AvgIpc) is 2.36. The topological polar surface area (TPSA) is 21.3 Å². The van der Waals surface area contributed by atoms with Gasteiger partial charge >= 0.3 is 0 Å². The summed E-state index contributed by atoms with van der Waals surface area (Å²) in [4.78, 5) is 0. The molecule has 1 aliphatic rings. The Bertz CT molecular complexity index is 197. The molecular formula is C16H33NO. The van der Waals surface area contributed by atoms with Crippen LogP contribution in [0.2, 0.25) is 0 Å². The van der Waals surface area contributed by atoms with Crippen LogP contribution in [-0.4, -0.2) is 26.3 Å². The van der Waals surface area contributed by atoms with Crippen LogP contribution in [0.4, 0.5) is 0 Å². The van der Waals surface area contributed by atoms with Crippen molar-refractivity contribution in [3.05, 3.63) is 0 Å². The normalized spacial score (nSPS) is 19.3. The first-order chi connectivity index (χ1) is 8.68. The summed E-state index contributed by atoms with van der Waals surface area (Å²) in [6, 6.07) is 0. The molecule has 0 unspecified atom stereocenters. The van der Waals surface area contributed by atoms with Gasteiger partial charge in [-0.1, -0.05) is 33.1 Å². The monoisotopic (exact) mass is 255 g/mol. The standard InChI is InChI=1S/C16H33NO/c1-4-18-12-8-11-16(9-6-5-7-10-16)14-17-13-15(2)3/h15,17H,4-14H2,1-3H3. The molecule has 1 aliphatic carbocycles. The van der Waals surface area contributed by atoms with Gasteiger partial charge in [-0.15, -0.1) is 0 Å². The molecule has 0 spiro atoms. The molecular weight excluding hydrogens is 222 g/mol. The lowest BCUT2D eigenvalue weighted by molar-refractivity contribution is 0.109. The third-order valence-electron chi connectivity index (χ3n) is 4.17. The van der Waals surface area contributed by atoms with Crippen LogP contribution in [0.1, 0.15) is 65.7 Å². The lowest BCUT2D eigenvalue weighted by Gasteiger charge is -2.38. The summed E-state index contributed by atoms with van der Waals surface area (Å²) in [5.74, 6) is 0.758. The fraction of sp³-hybridized carbons (Fsp3) is 1.00. The lowest BCUT2D eigenvalue weighted by Crippen LogP contribution is -2.37. The quantitative estimate of drug-likeness (QED) is 0.629. The predicted octanol–water partition coefficient (Wildman–Crippen LogP) is 4.00. The van der Waals surface area contributed by atoms with E-state index in [0.717, 1.165) is 25.7 Å². The van der Waals surface area contributed by atoms with Crippen LogP contribution in [0.25, 0.3) is 0 Å². The van der Waals surface area contributed by atoms with Crippen molar-refractivity contribution in [3.8, 4) is 0 Å². The van der Waals surface area contributed by atoms with E-state index < -0.39 is 0 Å². The Kier molecular flexibility index (Phi) is 7.92. The first-order valence-corrected chi connectivity index (χ1v) is 7.97.